The zero-order valence-electron chi connectivity index (χ0n) is 21.7. The van der Waals surface area contributed by atoms with Gasteiger partial charge >= 0.3 is 0 Å². The number of carbonyl (C=O) groups excluding carboxylic acids is 1. The second-order valence-electron chi connectivity index (χ2n) is 9.43. The second kappa shape index (κ2) is 11.9. The average molecular weight is 552 g/mol. The monoisotopic (exact) mass is 551 g/mol. The highest BCUT2D eigenvalue weighted by Crippen LogP contribution is 2.41. The summed E-state index contributed by atoms with van der Waals surface area (Å²) < 4.78 is 43.2. The summed E-state index contributed by atoms with van der Waals surface area (Å²) in [6, 6.07) is 20.2. The van der Waals surface area contributed by atoms with E-state index in [1.807, 2.05) is 31.2 Å². The molecule has 3 aromatic carbocycles. The predicted octanol–water partition coefficient (Wildman–Crippen LogP) is 8.62. The summed E-state index contributed by atoms with van der Waals surface area (Å²) in [5.74, 6) is -3.33. The Hall–Kier alpha value is -3.84. The summed E-state index contributed by atoms with van der Waals surface area (Å²) in [5, 5.41) is 9.64. The van der Waals surface area contributed by atoms with Crippen LogP contribution in [0.15, 0.2) is 95.7 Å². The maximum atomic E-state index is 14.4. The fourth-order valence-electron chi connectivity index (χ4n) is 4.73. The van der Waals surface area contributed by atoms with Crippen molar-refractivity contribution in [3.05, 3.63) is 118 Å². The number of hydrazone groups is 1. The number of para-hydroxylation sites is 1. The van der Waals surface area contributed by atoms with Crippen LogP contribution < -0.4 is 5.32 Å². The quantitative estimate of drug-likeness (QED) is 0.256. The third-order valence-electron chi connectivity index (χ3n) is 6.80. The molecule has 0 aromatic heterocycles. The number of rotatable bonds is 10. The molecule has 0 spiro atoms. The van der Waals surface area contributed by atoms with Gasteiger partial charge in [0.05, 0.1) is 18.2 Å². The van der Waals surface area contributed by atoms with E-state index in [0.717, 1.165) is 11.1 Å². The second-order valence-corrected chi connectivity index (χ2v) is 9.87. The van der Waals surface area contributed by atoms with Crippen LogP contribution in [-0.4, -0.2) is 23.1 Å². The number of anilines is 1. The Balaban J connectivity index is 1.87. The molecule has 4 rings (SSSR count). The summed E-state index contributed by atoms with van der Waals surface area (Å²) in [6.07, 6.45) is 0.133. The summed E-state index contributed by atoms with van der Waals surface area (Å²) >= 11 is 6.11. The molecule has 4 nitrogen and oxygen atoms in total. The summed E-state index contributed by atoms with van der Waals surface area (Å²) in [6.45, 7) is 7.27. The van der Waals surface area contributed by atoms with E-state index < -0.39 is 18.2 Å². The Kier molecular flexibility index (Phi) is 8.60. The Morgan fingerprint density at radius 3 is 2.54 bits per heavy atom. The molecule has 8 heteroatoms. The van der Waals surface area contributed by atoms with E-state index in [0.29, 0.717) is 46.0 Å². The molecule has 1 atom stereocenters. The lowest BCUT2D eigenvalue weighted by Gasteiger charge is -2.28. The van der Waals surface area contributed by atoms with Crippen molar-refractivity contribution in [1.82, 2.24) is 5.01 Å². The van der Waals surface area contributed by atoms with Gasteiger partial charge in [0.2, 0.25) is 6.41 Å². The fraction of sp³-hybridized carbons (Fsp3) is 0.226. The minimum atomic E-state index is -2.92. The number of hydrogen-bond acceptors (Lipinski definition) is 3. The zero-order valence-corrected chi connectivity index (χ0v) is 22.5. The molecule has 0 aliphatic carbocycles. The lowest BCUT2D eigenvalue weighted by molar-refractivity contribution is -0.105. The molecule has 1 aliphatic heterocycles. The van der Waals surface area contributed by atoms with E-state index in [1.165, 1.54) is 19.1 Å². The van der Waals surface area contributed by atoms with E-state index in [1.54, 1.807) is 41.4 Å². The standard InChI is InChI=1S/C31H29ClF3N3O/c1-4-31(34,35)18-20(2)38-29(22-12-14-24(32)15-13-22)17-28(37-38)21(3)30(23-8-7-9-25(33)16-23)26-10-5-6-11-27(26)36-19-39/h5-16,19,29H,2,4,17-18H2,1,3H3,(H,36,39)/b30-21+. The Morgan fingerprint density at radius 2 is 1.87 bits per heavy atom. The molecular formula is C31H29ClF3N3O. The molecule has 202 valence electrons. The molecule has 0 bridgehead atoms. The lowest BCUT2D eigenvalue weighted by atomic mass is 9.88. The van der Waals surface area contributed by atoms with Crippen molar-refractivity contribution in [2.75, 3.05) is 5.32 Å². The third-order valence-corrected chi connectivity index (χ3v) is 7.05. The minimum absolute atomic E-state index is 0.194. The first-order valence-electron chi connectivity index (χ1n) is 12.6. The predicted molar refractivity (Wildman–Crippen MR) is 151 cm³/mol. The molecule has 1 amide bonds. The SMILES string of the molecule is C=C(CC(F)(F)CC)N1N=C(/C(C)=C(\c2cccc(F)c2)c2ccccc2NC=O)CC1c1ccc(Cl)cc1. The number of amides is 1. The average Bonchev–Trinajstić information content (AvgIpc) is 3.36. The number of carbonyl (C=O) groups is 1. The van der Waals surface area contributed by atoms with Crippen LogP contribution in [0.5, 0.6) is 0 Å². The molecule has 0 radical (unpaired) electrons. The van der Waals surface area contributed by atoms with E-state index in [-0.39, 0.29) is 18.2 Å². The van der Waals surface area contributed by atoms with Crippen LogP contribution in [0.3, 0.4) is 0 Å². The fourth-order valence-corrected chi connectivity index (χ4v) is 4.86. The topological polar surface area (TPSA) is 44.7 Å². The van der Waals surface area contributed by atoms with Crippen molar-refractivity contribution in [3.63, 3.8) is 0 Å². The number of halogens is 4. The Bertz CT molecular complexity index is 1430. The molecular weight excluding hydrogens is 523 g/mol. The number of benzene rings is 3. The van der Waals surface area contributed by atoms with Crippen molar-refractivity contribution in [2.24, 2.45) is 5.10 Å². The summed E-state index contributed by atoms with van der Waals surface area (Å²) in [4.78, 5) is 11.3. The maximum Gasteiger partial charge on any atom is 0.253 e. The van der Waals surface area contributed by atoms with Gasteiger partial charge in [-0.2, -0.15) is 5.10 Å². The van der Waals surface area contributed by atoms with Gasteiger partial charge < -0.3 is 5.32 Å². The van der Waals surface area contributed by atoms with Gasteiger partial charge in [0.25, 0.3) is 5.92 Å². The van der Waals surface area contributed by atoms with Crippen LogP contribution in [-0.2, 0) is 4.79 Å². The minimum Gasteiger partial charge on any atom is -0.328 e. The van der Waals surface area contributed by atoms with Crippen molar-refractivity contribution in [2.45, 2.75) is 45.1 Å². The zero-order chi connectivity index (χ0) is 28.2. The number of hydrogen-bond donors (Lipinski definition) is 1. The molecule has 0 saturated carbocycles. The first kappa shape index (κ1) is 28.2. The van der Waals surface area contributed by atoms with Gasteiger partial charge in [-0.15, -0.1) is 0 Å². The molecule has 1 aliphatic rings. The molecule has 39 heavy (non-hydrogen) atoms. The van der Waals surface area contributed by atoms with Gasteiger partial charge in [-0.05, 0) is 59.5 Å². The molecule has 1 unspecified atom stereocenters. The van der Waals surface area contributed by atoms with Crippen molar-refractivity contribution < 1.29 is 18.0 Å². The maximum absolute atomic E-state index is 14.4. The first-order valence-corrected chi connectivity index (χ1v) is 13.0. The molecule has 0 fully saturated rings. The van der Waals surface area contributed by atoms with Crippen LogP contribution in [0.2, 0.25) is 5.02 Å². The van der Waals surface area contributed by atoms with Crippen molar-refractivity contribution >= 4 is 35.0 Å². The van der Waals surface area contributed by atoms with Crippen LogP contribution >= 0.6 is 11.6 Å². The van der Waals surface area contributed by atoms with Gasteiger partial charge in [0.15, 0.2) is 0 Å². The van der Waals surface area contributed by atoms with E-state index in [9.17, 15) is 18.0 Å². The van der Waals surface area contributed by atoms with Gasteiger partial charge in [-0.3, -0.25) is 9.80 Å². The largest absolute Gasteiger partial charge is 0.328 e. The van der Waals surface area contributed by atoms with Gasteiger partial charge in [-0.1, -0.05) is 67.6 Å². The molecule has 0 saturated heterocycles. The van der Waals surface area contributed by atoms with Crippen molar-refractivity contribution in [3.8, 4) is 0 Å². The number of nitrogens with zero attached hydrogens (tertiary/aromatic N) is 2. The number of alkyl halides is 2. The lowest BCUT2D eigenvalue weighted by Crippen LogP contribution is -2.24. The molecule has 3 aromatic rings. The molecule has 1 N–H and O–H groups in total. The van der Waals surface area contributed by atoms with E-state index >= 15 is 0 Å². The van der Waals surface area contributed by atoms with E-state index in [2.05, 4.69) is 11.9 Å². The summed E-state index contributed by atoms with van der Waals surface area (Å²) in [5.41, 5.74) is 4.87. The van der Waals surface area contributed by atoms with Crippen LogP contribution in [0.4, 0.5) is 18.9 Å². The third kappa shape index (κ3) is 6.42. The highest BCUT2D eigenvalue weighted by atomic mass is 35.5. The Morgan fingerprint density at radius 1 is 1.15 bits per heavy atom. The van der Waals surface area contributed by atoms with Crippen LogP contribution in [0, 0.1) is 5.82 Å². The summed E-state index contributed by atoms with van der Waals surface area (Å²) in [7, 11) is 0. The number of allylic oxidation sites excluding steroid dienone is 2. The Labute approximate surface area is 231 Å². The number of nitrogens with one attached hydrogen (secondary N) is 1. The van der Waals surface area contributed by atoms with Gasteiger partial charge in [0, 0.05) is 34.8 Å². The van der Waals surface area contributed by atoms with Crippen LogP contribution in [0.1, 0.15) is 55.8 Å². The highest BCUT2D eigenvalue weighted by Gasteiger charge is 2.36. The smallest absolute Gasteiger partial charge is 0.253 e. The molecule has 1 heterocycles. The first-order chi connectivity index (χ1) is 18.6. The van der Waals surface area contributed by atoms with Crippen LogP contribution in [0.25, 0.3) is 5.57 Å². The van der Waals surface area contributed by atoms with Crippen molar-refractivity contribution in [1.29, 1.82) is 0 Å². The van der Waals surface area contributed by atoms with Gasteiger partial charge in [-0.25, -0.2) is 13.2 Å². The van der Waals surface area contributed by atoms with Gasteiger partial charge in [0.1, 0.15) is 5.82 Å². The normalized spacial score (nSPS) is 16.0. The highest BCUT2D eigenvalue weighted by molar-refractivity contribution is 6.30. The van der Waals surface area contributed by atoms with E-state index in [4.69, 9.17) is 16.7 Å².